The first-order valence-corrected chi connectivity index (χ1v) is 4.80. The third-order valence-corrected chi connectivity index (χ3v) is 2.30. The molecular weight excluding hydrogens is 257 g/mol. The van der Waals surface area contributed by atoms with Crippen LogP contribution < -0.4 is 5.73 Å². The monoisotopic (exact) mass is 262 g/mol. The maximum atomic E-state index is 12.3. The van der Waals surface area contributed by atoms with Crippen LogP contribution in [-0.4, -0.2) is 14.8 Å². The molecule has 0 spiro atoms. The summed E-state index contributed by atoms with van der Waals surface area (Å²) in [5, 5.41) is 3.86. The van der Waals surface area contributed by atoms with Crippen molar-refractivity contribution in [3.05, 3.63) is 35.2 Å². The van der Waals surface area contributed by atoms with E-state index in [2.05, 4.69) is 10.1 Å². The molecule has 90 valence electrons. The second-order valence-corrected chi connectivity index (χ2v) is 3.58. The Morgan fingerprint density at radius 3 is 2.41 bits per heavy atom. The van der Waals surface area contributed by atoms with E-state index in [-0.39, 0.29) is 16.7 Å². The van der Waals surface area contributed by atoms with Crippen molar-refractivity contribution < 1.29 is 13.2 Å². The molecule has 0 aromatic carbocycles. The molecule has 0 amide bonds. The Morgan fingerprint density at radius 1 is 1.29 bits per heavy atom. The largest absolute Gasteiger partial charge is 0.417 e. The first-order valence-electron chi connectivity index (χ1n) is 4.42. The van der Waals surface area contributed by atoms with Crippen LogP contribution in [0.5, 0.6) is 0 Å². The number of aromatic nitrogens is 3. The number of rotatable bonds is 1. The molecule has 0 unspecified atom stereocenters. The zero-order valence-electron chi connectivity index (χ0n) is 8.24. The van der Waals surface area contributed by atoms with E-state index < -0.39 is 11.7 Å². The number of hydrogen-bond acceptors (Lipinski definition) is 3. The van der Waals surface area contributed by atoms with E-state index in [0.717, 1.165) is 12.3 Å². The lowest BCUT2D eigenvalue weighted by Gasteiger charge is -2.06. The molecule has 0 saturated heterocycles. The minimum absolute atomic E-state index is 0.0756. The molecule has 2 aromatic heterocycles. The average Bonchev–Trinajstić information content (AvgIpc) is 2.58. The molecule has 0 aliphatic rings. The summed E-state index contributed by atoms with van der Waals surface area (Å²) in [6.45, 7) is 0. The van der Waals surface area contributed by atoms with Crippen LogP contribution in [0, 0.1) is 0 Å². The number of alkyl halides is 3. The van der Waals surface area contributed by atoms with E-state index in [9.17, 15) is 13.2 Å². The van der Waals surface area contributed by atoms with Crippen LogP contribution in [0.1, 0.15) is 5.56 Å². The van der Waals surface area contributed by atoms with E-state index in [1.165, 1.54) is 16.9 Å². The molecule has 2 N–H and O–H groups in total. The standard InChI is InChI=1S/C9H6ClF3N4/c10-8-6(14)4-17(16-8)7-2-1-5(3-15-7)9(11,12)13/h1-4H,14H2. The summed E-state index contributed by atoms with van der Waals surface area (Å²) in [6, 6.07) is 2.10. The van der Waals surface area contributed by atoms with Crippen LogP contribution in [0.3, 0.4) is 0 Å². The van der Waals surface area contributed by atoms with Gasteiger partial charge in [-0.3, -0.25) is 0 Å². The molecule has 0 atom stereocenters. The number of halogens is 4. The van der Waals surface area contributed by atoms with Gasteiger partial charge in [-0.25, -0.2) is 9.67 Å². The molecule has 0 fully saturated rings. The van der Waals surface area contributed by atoms with E-state index >= 15 is 0 Å². The Labute approximate surface area is 98.8 Å². The van der Waals surface area contributed by atoms with Gasteiger partial charge in [-0.2, -0.15) is 18.3 Å². The van der Waals surface area contributed by atoms with E-state index in [0.29, 0.717) is 0 Å². The molecule has 8 heteroatoms. The van der Waals surface area contributed by atoms with Gasteiger partial charge in [0, 0.05) is 6.20 Å². The van der Waals surface area contributed by atoms with Crippen LogP contribution in [0.25, 0.3) is 5.82 Å². The maximum Gasteiger partial charge on any atom is 0.417 e. The highest BCUT2D eigenvalue weighted by molar-refractivity contribution is 6.31. The summed E-state index contributed by atoms with van der Waals surface area (Å²) in [5.74, 6) is 0.205. The van der Waals surface area contributed by atoms with Crippen molar-refractivity contribution in [2.75, 3.05) is 5.73 Å². The fourth-order valence-electron chi connectivity index (χ4n) is 1.17. The second kappa shape index (κ2) is 3.92. The zero-order valence-corrected chi connectivity index (χ0v) is 9.00. The summed E-state index contributed by atoms with van der Waals surface area (Å²) in [7, 11) is 0. The predicted octanol–water partition coefficient (Wildman–Crippen LogP) is 2.52. The lowest BCUT2D eigenvalue weighted by molar-refractivity contribution is -0.137. The van der Waals surface area contributed by atoms with Gasteiger partial charge in [0.15, 0.2) is 11.0 Å². The third kappa shape index (κ3) is 2.33. The highest BCUT2D eigenvalue weighted by atomic mass is 35.5. The Kier molecular flexibility index (Phi) is 2.70. The zero-order chi connectivity index (χ0) is 12.6. The Balaban J connectivity index is 2.36. The van der Waals surface area contributed by atoms with Gasteiger partial charge in [-0.15, -0.1) is 0 Å². The molecule has 4 nitrogen and oxygen atoms in total. The molecule has 0 aliphatic heterocycles. The highest BCUT2D eigenvalue weighted by Crippen LogP contribution is 2.28. The third-order valence-electron chi connectivity index (χ3n) is 2.01. The molecule has 2 heterocycles. The molecule has 0 aliphatic carbocycles. The second-order valence-electron chi connectivity index (χ2n) is 3.22. The summed E-state index contributed by atoms with van der Waals surface area (Å²) < 4.78 is 38.1. The van der Waals surface area contributed by atoms with E-state index in [1.807, 2.05) is 0 Å². The number of nitrogens with zero attached hydrogens (tertiary/aromatic N) is 3. The van der Waals surface area contributed by atoms with Crippen LogP contribution in [0.15, 0.2) is 24.5 Å². The van der Waals surface area contributed by atoms with Crippen LogP contribution >= 0.6 is 11.6 Å². The lowest BCUT2D eigenvalue weighted by Crippen LogP contribution is -2.06. The number of nitrogens with two attached hydrogens (primary N) is 1. The summed E-state index contributed by atoms with van der Waals surface area (Å²) in [5.41, 5.74) is 4.86. The normalized spacial score (nSPS) is 11.8. The summed E-state index contributed by atoms with van der Waals surface area (Å²) >= 11 is 5.62. The van der Waals surface area contributed by atoms with Gasteiger partial charge in [0.25, 0.3) is 0 Å². The van der Waals surface area contributed by atoms with Gasteiger partial charge in [0.05, 0.1) is 17.4 Å². The molecule has 0 saturated carbocycles. The van der Waals surface area contributed by atoms with Gasteiger partial charge in [-0.1, -0.05) is 11.6 Å². The van der Waals surface area contributed by atoms with Crippen molar-refractivity contribution in [2.45, 2.75) is 6.18 Å². The maximum absolute atomic E-state index is 12.3. The molecule has 17 heavy (non-hydrogen) atoms. The minimum Gasteiger partial charge on any atom is -0.395 e. The van der Waals surface area contributed by atoms with Crippen molar-refractivity contribution in [3.8, 4) is 5.82 Å². The minimum atomic E-state index is -4.41. The SMILES string of the molecule is Nc1cn(-c2ccc(C(F)(F)F)cn2)nc1Cl. The van der Waals surface area contributed by atoms with Crippen molar-refractivity contribution in [1.29, 1.82) is 0 Å². The topological polar surface area (TPSA) is 56.7 Å². The fraction of sp³-hybridized carbons (Fsp3) is 0.111. The number of pyridine rings is 1. The van der Waals surface area contributed by atoms with E-state index in [4.69, 9.17) is 17.3 Å². The van der Waals surface area contributed by atoms with Crippen LogP contribution in [0.2, 0.25) is 5.15 Å². The Bertz CT molecular complexity index is 513. The number of hydrogen-bond donors (Lipinski definition) is 1. The van der Waals surface area contributed by atoms with Crippen molar-refractivity contribution in [2.24, 2.45) is 0 Å². The van der Waals surface area contributed by atoms with Gasteiger partial charge >= 0.3 is 6.18 Å². The lowest BCUT2D eigenvalue weighted by atomic mass is 10.3. The fourth-order valence-corrected chi connectivity index (χ4v) is 1.30. The number of nitrogen functional groups attached to an aromatic ring is 1. The first-order chi connectivity index (χ1) is 7.88. The van der Waals surface area contributed by atoms with Crippen LogP contribution in [0.4, 0.5) is 18.9 Å². The van der Waals surface area contributed by atoms with E-state index in [1.54, 1.807) is 0 Å². The van der Waals surface area contributed by atoms with Gasteiger partial charge < -0.3 is 5.73 Å². The van der Waals surface area contributed by atoms with Crippen molar-refractivity contribution in [1.82, 2.24) is 14.8 Å². The molecule has 0 bridgehead atoms. The smallest absolute Gasteiger partial charge is 0.395 e. The summed E-state index contributed by atoms with van der Waals surface area (Å²) in [6.07, 6.45) is -2.31. The summed E-state index contributed by atoms with van der Waals surface area (Å²) in [4.78, 5) is 3.64. The molecule has 2 rings (SSSR count). The first kappa shape index (κ1) is 11.7. The van der Waals surface area contributed by atoms with Gasteiger partial charge in [-0.05, 0) is 12.1 Å². The number of anilines is 1. The molecule has 0 radical (unpaired) electrons. The average molecular weight is 263 g/mol. The quantitative estimate of drug-likeness (QED) is 0.859. The van der Waals surface area contributed by atoms with Gasteiger partial charge in [0.1, 0.15) is 0 Å². The Hall–Kier alpha value is -1.76. The predicted molar refractivity (Wildman–Crippen MR) is 55.8 cm³/mol. The molecular formula is C9H6ClF3N4. The van der Waals surface area contributed by atoms with Gasteiger partial charge in [0.2, 0.25) is 0 Å². The van der Waals surface area contributed by atoms with Crippen molar-refractivity contribution >= 4 is 17.3 Å². The molecule has 2 aromatic rings. The highest BCUT2D eigenvalue weighted by Gasteiger charge is 2.30. The van der Waals surface area contributed by atoms with Crippen molar-refractivity contribution in [3.63, 3.8) is 0 Å². The van der Waals surface area contributed by atoms with Crippen LogP contribution in [-0.2, 0) is 6.18 Å². The Morgan fingerprint density at radius 2 is 2.00 bits per heavy atom.